The van der Waals surface area contributed by atoms with Crippen molar-refractivity contribution in [2.24, 2.45) is 11.7 Å². The number of aromatic amines is 1. The van der Waals surface area contributed by atoms with Crippen LogP contribution in [-0.4, -0.2) is 43.7 Å². The highest BCUT2D eigenvalue weighted by Gasteiger charge is 2.28. The first-order valence-electron chi connectivity index (χ1n) is 12.5. The number of fused-ring (bicyclic) bond motifs is 1. The van der Waals surface area contributed by atoms with Crippen LogP contribution in [0.2, 0.25) is 0 Å². The topological polar surface area (TPSA) is 116 Å². The van der Waals surface area contributed by atoms with Gasteiger partial charge in [0.25, 0.3) is 0 Å². The normalized spacial score (nSPS) is 12.5. The third kappa shape index (κ3) is 6.72. The highest BCUT2D eigenvalue weighted by molar-refractivity contribution is 5.87. The SMILES string of the molecule is COc1ccc(OCC(=O)C(Cc2c[nH]c3ccccc23)[C@H](N)NC(=O)CCc2ccccc2OC)cc1. The van der Waals surface area contributed by atoms with Crippen molar-refractivity contribution in [2.45, 2.75) is 25.4 Å². The fourth-order valence-electron chi connectivity index (χ4n) is 4.43. The lowest BCUT2D eigenvalue weighted by atomic mass is 9.92. The Labute approximate surface area is 222 Å². The third-order valence-corrected chi connectivity index (χ3v) is 6.54. The Balaban J connectivity index is 1.45. The van der Waals surface area contributed by atoms with E-state index in [4.69, 9.17) is 19.9 Å². The Kier molecular flexibility index (Phi) is 9.00. The average molecular weight is 516 g/mol. The van der Waals surface area contributed by atoms with Gasteiger partial charge in [-0.2, -0.15) is 0 Å². The van der Waals surface area contributed by atoms with Crippen LogP contribution >= 0.6 is 0 Å². The quantitative estimate of drug-likeness (QED) is 0.232. The fourth-order valence-corrected chi connectivity index (χ4v) is 4.43. The Hall–Kier alpha value is -4.30. The molecule has 0 aliphatic carbocycles. The van der Waals surface area contributed by atoms with Crippen molar-refractivity contribution in [3.8, 4) is 17.2 Å². The van der Waals surface area contributed by atoms with Gasteiger partial charge in [-0.3, -0.25) is 9.59 Å². The number of hydrogen-bond donors (Lipinski definition) is 3. The van der Waals surface area contributed by atoms with Gasteiger partial charge in [0, 0.05) is 23.5 Å². The molecule has 1 unspecified atom stereocenters. The first kappa shape index (κ1) is 26.8. The van der Waals surface area contributed by atoms with Crippen molar-refractivity contribution < 1.29 is 23.8 Å². The number of Topliss-reactive ketones (excluding diaryl/α,β-unsaturated/α-hetero) is 1. The highest BCUT2D eigenvalue weighted by Crippen LogP contribution is 2.23. The second-order valence-electron chi connectivity index (χ2n) is 9.01. The molecular weight excluding hydrogens is 482 g/mol. The van der Waals surface area contributed by atoms with Gasteiger partial charge in [0.15, 0.2) is 5.78 Å². The summed E-state index contributed by atoms with van der Waals surface area (Å²) in [5.74, 6) is 0.827. The van der Waals surface area contributed by atoms with Crippen LogP contribution in [-0.2, 0) is 22.4 Å². The molecule has 3 aromatic carbocycles. The summed E-state index contributed by atoms with van der Waals surface area (Å²) >= 11 is 0. The largest absolute Gasteiger partial charge is 0.497 e. The Morgan fingerprint density at radius 2 is 1.61 bits per heavy atom. The molecule has 4 aromatic rings. The summed E-state index contributed by atoms with van der Waals surface area (Å²) in [6.45, 7) is -0.176. The number of H-pyrrole nitrogens is 1. The molecule has 38 heavy (non-hydrogen) atoms. The lowest BCUT2D eigenvalue weighted by Gasteiger charge is -2.24. The van der Waals surface area contributed by atoms with E-state index in [2.05, 4.69) is 10.3 Å². The zero-order valence-electron chi connectivity index (χ0n) is 21.6. The minimum Gasteiger partial charge on any atom is -0.497 e. The zero-order chi connectivity index (χ0) is 26.9. The van der Waals surface area contributed by atoms with Gasteiger partial charge in [0.2, 0.25) is 5.91 Å². The number of hydrogen-bond acceptors (Lipinski definition) is 6. The number of aromatic nitrogens is 1. The number of nitrogens with two attached hydrogens (primary N) is 1. The van der Waals surface area contributed by atoms with Crippen LogP contribution in [0.1, 0.15) is 17.5 Å². The van der Waals surface area contributed by atoms with E-state index in [-0.39, 0.29) is 24.7 Å². The van der Waals surface area contributed by atoms with Crippen LogP contribution in [0.15, 0.2) is 79.0 Å². The molecule has 1 aromatic heterocycles. The summed E-state index contributed by atoms with van der Waals surface area (Å²) in [5, 5.41) is 3.85. The number of carbonyl (C=O) groups is 2. The van der Waals surface area contributed by atoms with Crippen molar-refractivity contribution in [2.75, 3.05) is 20.8 Å². The number of amides is 1. The average Bonchev–Trinajstić information content (AvgIpc) is 3.36. The molecule has 0 aliphatic heterocycles. The second kappa shape index (κ2) is 12.8. The van der Waals surface area contributed by atoms with E-state index < -0.39 is 12.1 Å². The Morgan fingerprint density at radius 1 is 0.895 bits per heavy atom. The first-order chi connectivity index (χ1) is 18.5. The molecule has 0 saturated carbocycles. The number of ketones is 1. The molecule has 4 N–H and O–H groups in total. The molecule has 4 rings (SSSR count). The Bertz CT molecular complexity index is 1370. The lowest BCUT2D eigenvalue weighted by molar-refractivity contribution is -0.127. The second-order valence-corrected chi connectivity index (χ2v) is 9.01. The number of carbonyl (C=O) groups excluding carboxylic acids is 2. The summed E-state index contributed by atoms with van der Waals surface area (Å²) < 4.78 is 16.3. The van der Waals surface area contributed by atoms with Crippen molar-refractivity contribution in [1.82, 2.24) is 10.3 Å². The van der Waals surface area contributed by atoms with Crippen LogP contribution in [0.3, 0.4) is 0 Å². The van der Waals surface area contributed by atoms with Crippen LogP contribution in [0.25, 0.3) is 10.9 Å². The number of ether oxygens (including phenoxy) is 3. The molecule has 2 atom stereocenters. The van der Waals surface area contributed by atoms with Gasteiger partial charge in [0.05, 0.1) is 26.3 Å². The number of rotatable bonds is 13. The van der Waals surface area contributed by atoms with E-state index in [9.17, 15) is 9.59 Å². The molecule has 8 nitrogen and oxygen atoms in total. The summed E-state index contributed by atoms with van der Waals surface area (Å²) in [6.07, 6.45) is 2.05. The summed E-state index contributed by atoms with van der Waals surface area (Å²) in [4.78, 5) is 29.4. The zero-order valence-corrected chi connectivity index (χ0v) is 21.6. The van der Waals surface area contributed by atoms with Crippen LogP contribution < -0.4 is 25.3 Å². The van der Waals surface area contributed by atoms with E-state index in [0.29, 0.717) is 24.3 Å². The monoisotopic (exact) mass is 515 g/mol. The maximum Gasteiger partial charge on any atom is 0.221 e. The van der Waals surface area contributed by atoms with Crippen molar-refractivity contribution in [3.05, 3.63) is 90.1 Å². The molecule has 1 amide bonds. The molecule has 0 bridgehead atoms. The predicted molar refractivity (Wildman–Crippen MR) is 146 cm³/mol. The van der Waals surface area contributed by atoms with Gasteiger partial charge in [0.1, 0.15) is 23.9 Å². The fraction of sp³-hybridized carbons (Fsp3) is 0.267. The van der Waals surface area contributed by atoms with E-state index >= 15 is 0 Å². The molecule has 1 heterocycles. The number of para-hydroxylation sites is 2. The smallest absolute Gasteiger partial charge is 0.221 e. The number of nitrogens with one attached hydrogen (secondary N) is 2. The van der Waals surface area contributed by atoms with Gasteiger partial charge in [-0.15, -0.1) is 0 Å². The molecule has 0 fully saturated rings. The number of aryl methyl sites for hydroxylation is 1. The minimum absolute atomic E-state index is 0.176. The van der Waals surface area contributed by atoms with Crippen LogP contribution in [0, 0.1) is 5.92 Å². The van der Waals surface area contributed by atoms with E-state index in [1.54, 1.807) is 38.5 Å². The van der Waals surface area contributed by atoms with Crippen LogP contribution in [0.5, 0.6) is 17.2 Å². The molecule has 198 valence electrons. The highest BCUT2D eigenvalue weighted by atomic mass is 16.5. The minimum atomic E-state index is -0.888. The molecule has 0 aliphatic rings. The third-order valence-electron chi connectivity index (χ3n) is 6.54. The summed E-state index contributed by atoms with van der Waals surface area (Å²) in [5.41, 5.74) is 9.30. The molecule has 0 radical (unpaired) electrons. The van der Waals surface area contributed by atoms with Gasteiger partial charge in [-0.25, -0.2) is 0 Å². The summed E-state index contributed by atoms with van der Waals surface area (Å²) in [6, 6.07) is 22.4. The molecule has 0 spiro atoms. The molecule has 0 saturated heterocycles. The first-order valence-corrected chi connectivity index (χ1v) is 12.5. The van der Waals surface area contributed by atoms with Crippen molar-refractivity contribution in [1.29, 1.82) is 0 Å². The number of methoxy groups -OCH3 is 2. The maximum absolute atomic E-state index is 13.4. The van der Waals surface area contributed by atoms with Crippen molar-refractivity contribution in [3.63, 3.8) is 0 Å². The van der Waals surface area contributed by atoms with Gasteiger partial charge >= 0.3 is 0 Å². The van der Waals surface area contributed by atoms with Gasteiger partial charge in [-0.1, -0.05) is 36.4 Å². The maximum atomic E-state index is 13.4. The van der Waals surface area contributed by atoms with Gasteiger partial charge in [-0.05, 0) is 60.4 Å². The lowest BCUT2D eigenvalue weighted by Crippen LogP contribution is -2.51. The summed E-state index contributed by atoms with van der Waals surface area (Å²) in [7, 11) is 3.19. The standard InChI is InChI=1S/C30H33N3O5/c1-36-22-12-14-23(15-13-22)38-19-27(34)25(17-21-18-32-26-9-5-4-8-24(21)26)30(31)33-29(35)16-11-20-7-3-6-10-28(20)37-2/h3-10,12-15,18,25,30,32H,11,16-17,19,31H2,1-2H3,(H,33,35)/t25?,30-/m1/s1. The Morgan fingerprint density at radius 3 is 2.37 bits per heavy atom. The van der Waals surface area contributed by atoms with Gasteiger partial charge < -0.3 is 30.2 Å². The van der Waals surface area contributed by atoms with Crippen molar-refractivity contribution >= 4 is 22.6 Å². The van der Waals surface area contributed by atoms with E-state index in [1.807, 2.05) is 54.7 Å². The number of benzene rings is 3. The molecular formula is C30H33N3O5. The predicted octanol–water partition coefficient (Wildman–Crippen LogP) is 4.03. The van der Waals surface area contributed by atoms with E-state index in [0.717, 1.165) is 27.8 Å². The van der Waals surface area contributed by atoms with E-state index in [1.165, 1.54) is 0 Å². The van der Waals surface area contributed by atoms with Crippen LogP contribution in [0.4, 0.5) is 0 Å². The molecule has 8 heteroatoms.